The topological polar surface area (TPSA) is 367 Å². The van der Waals surface area contributed by atoms with E-state index in [1.165, 1.54) is 37.8 Å². The van der Waals surface area contributed by atoms with E-state index in [1.807, 2.05) is 0 Å². The van der Waals surface area contributed by atoms with E-state index in [9.17, 15) is 58.2 Å². The van der Waals surface area contributed by atoms with Gasteiger partial charge in [0.15, 0.2) is 17.7 Å². The van der Waals surface area contributed by atoms with Crippen LogP contribution in [0.2, 0.25) is 0 Å². The molecule has 0 spiro atoms. The molecule has 3 rings (SSSR count). The van der Waals surface area contributed by atoms with Gasteiger partial charge in [0.25, 0.3) is 0 Å². The number of aromatic nitrogens is 4. The summed E-state index contributed by atoms with van der Waals surface area (Å²) in [4.78, 5) is 75.5. The molecule has 0 aromatic carbocycles. The lowest BCUT2D eigenvalue weighted by Gasteiger charge is -2.30. The van der Waals surface area contributed by atoms with Crippen molar-refractivity contribution in [2.45, 2.75) is 63.4 Å². The minimum Gasteiger partial charge on any atom is -0.386 e. The lowest BCUT2D eigenvalue weighted by atomic mass is 9.87. The molecule has 2 amide bonds. The van der Waals surface area contributed by atoms with Crippen LogP contribution < -0.4 is 16.4 Å². The first-order valence-electron chi connectivity index (χ1n) is 15.9. The Morgan fingerprint density at radius 1 is 1.11 bits per heavy atom. The van der Waals surface area contributed by atoms with Crippen molar-refractivity contribution in [3.05, 3.63) is 36.8 Å². The molecule has 55 heavy (non-hydrogen) atoms. The van der Waals surface area contributed by atoms with Gasteiger partial charge < -0.3 is 56.0 Å². The number of thioether (sulfide) groups is 1. The summed E-state index contributed by atoms with van der Waals surface area (Å²) in [7, 11) is -16.4. The van der Waals surface area contributed by atoms with Crippen LogP contribution in [0.25, 0.3) is 11.2 Å². The van der Waals surface area contributed by atoms with Gasteiger partial charge in [0.2, 0.25) is 11.8 Å². The number of nitrogens with zero attached hydrogens (tertiary/aromatic N) is 4. The molecule has 1 fully saturated rings. The Bertz CT molecular complexity index is 1840. The highest BCUT2D eigenvalue weighted by atomic mass is 32.2. The molecular weight excluding hydrogens is 819 g/mol. The fourth-order valence-electron chi connectivity index (χ4n) is 4.51. The molecule has 1 aliphatic heterocycles. The number of fused-ring (bicyclic) bond motifs is 1. The maximum absolute atomic E-state index is 12.7. The lowest BCUT2D eigenvalue weighted by Crippen LogP contribution is -2.46. The quantitative estimate of drug-likeness (QED) is 0.0408. The van der Waals surface area contributed by atoms with Crippen molar-refractivity contribution >= 4 is 64.0 Å². The van der Waals surface area contributed by atoms with E-state index in [0.717, 1.165) is 17.2 Å². The second kappa shape index (κ2) is 19.2. The van der Waals surface area contributed by atoms with Crippen LogP contribution in [0.15, 0.2) is 36.8 Å². The zero-order chi connectivity index (χ0) is 41.4. The monoisotopic (exact) mass is 863 g/mol. The first kappa shape index (κ1) is 46.7. The van der Waals surface area contributed by atoms with Gasteiger partial charge >= 0.3 is 23.5 Å². The molecule has 2 aromatic rings. The van der Waals surface area contributed by atoms with Gasteiger partial charge in [-0.1, -0.05) is 26.5 Å². The van der Waals surface area contributed by atoms with Gasteiger partial charge in [-0.2, -0.15) is 4.31 Å². The molecule has 0 radical (unpaired) electrons. The summed E-state index contributed by atoms with van der Waals surface area (Å²) in [5, 5.41) is 37.9. The van der Waals surface area contributed by atoms with Crippen LogP contribution >= 0.6 is 35.2 Å². The normalized spacial score (nSPS) is 23.2. The number of hydrogen-bond acceptors (Lipinski definition) is 18. The third kappa shape index (κ3) is 14.3. The van der Waals surface area contributed by atoms with E-state index >= 15 is 0 Å². The van der Waals surface area contributed by atoms with E-state index in [4.69, 9.17) is 19.5 Å². The van der Waals surface area contributed by atoms with Crippen LogP contribution in [0.4, 0.5) is 5.82 Å². The molecule has 0 bridgehead atoms. The van der Waals surface area contributed by atoms with Gasteiger partial charge in [-0.05, 0) is 18.4 Å². The fourth-order valence-corrected chi connectivity index (χ4v) is 8.07. The van der Waals surface area contributed by atoms with E-state index in [-0.39, 0.29) is 29.9 Å². The maximum Gasteiger partial charge on any atom is 0.481 e. The predicted octanol–water partition coefficient (Wildman–Crippen LogP) is -0.411. The highest BCUT2D eigenvalue weighted by Crippen LogP contribution is 2.61. The van der Waals surface area contributed by atoms with E-state index in [1.54, 1.807) is 12.3 Å². The number of ether oxygens (including phenoxy) is 1. The standard InChI is InChI=1S/C27H44N7O17P3S/c1-5-27(4,39)7-10-55-11-9-29-17(35)6-8-30-24(38)21(37)26(2,3)13-48-54(45,46)51-53(43,44)47-12-16-20(50-52(40,41)42)19(36)25(49-16)34-15-33-18-22(28)31-14-32-23(18)34/h5,7,10,14-16,19-21,25,36-37,39H,1,6,8-9,11-13H2,2-4H3,(H,29,35)(H,30,38)(H,43,44)(H,45,46)(H2,28,31,32)(H2,40,41,42)/t16-,19-,20-,21+,25-,27?/m1/s1. The Labute approximate surface area is 317 Å². The Hall–Kier alpha value is -2.67. The zero-order valence-electron chi connectivity index (χ0n) is 29.6. The molecule has 3 unspecified atom stereocenters. The Kier molecular flexibility index (Phi) is 16.3. The average molecular weight is 864 g/mol. The van der Waals surface area contributed by atoms with Gasteiger partial charge in [0.05, 0.1) is 25.1 Å². The highest BCUT2D eigenvalue weighted by molar-refractivity contribution is 8.02. The molecule has 2 aromatic heterocycles. The van der Waals surface area contributed by atoms with E-state index in [2.05, 4.69) is 41.0 Å². The zero-order valence-corrected chi connectivity index (χ0v) is 33.1. The molecule has 3 heterocycles. The number of imidazole rings is 1. The van der Waals surface area contributed by atoms with Crippen molar-refractivity contribution in [3.63, 3.8) is 0 Å². The fraction of sp³-hybridized carbons (Fsp3) is 0.593. The molecule has 310 valence electrons. The van der Waals surface area contributed by atoms with Crippen LogP contribution in [0.5, 0.6) is 0 Å². The van der Waals surface area contributed by atoms with Gasteiger partial charge in [0, 0.05) is 30.7 Å². The van der Waals surface area contributed by atoms with Crippen LogP contribution in [0, 0.1) is 5.41 Å². The average Bonchev–Trinajstić information content (AvgIpc) is 3.64. The van der Waals surface area contributed by atoms with Gasteiger partial charge in [0.1, 0.15) is 36.3 Å². The number of aliphatic hydroxyl groups is 3. The lowest BCUT2D eigenvalue weighted by molar-refractivity contribution is -0.137. The minimum absolute atomic E-state index is 0.0310. The number of aliphatic hydroxyl groups excluding tert-OH is 2. The second-order valence-electron chi connectivity index (χ2n) is 12.7. The molecule has 0 saturated carbocycles. The minimum atomic E-state index is -5.56. The third-order valence-electron chi connectivity index (χ3n) is 7.53. The summed E-state index contributed by atoms with van der Waals surface area (Å²) in [5.41, 5.74) is 3.12. The molecule has 8 atom stereocenters. The van der Waals surface area contributed by atoms with Crippen LogP contribution in [-0.2, 0) is 45.9 Å². The highest BCUT2D eigenvalue weighted by Gasteiger charge is 2.50. The smallest absolute Gasteiger partial charge is 0.386 e. The van der Waals surface area contributed by atoms with Crippen LogP contribution in [0.3, 0.4) is 0 Å². The molecule has 11 N–H and O–H groups in total. The van der Waals surface area contributed by atoms with Crippen molar-refractivity contribution < 1.29 is 80.8 Å². The number of carbonyl (C=O) groups is 2. The SMILES string of the molecule is C=CC(C)(O)C=CSCCNC(=O)CCNC(=O)[C@H](O)C(C)(C)COP(=O)(O)OP(=O)(O)OC[C@H]1O[C@@H](n2cnc3c(N)ncnc32)[C@H](O)[C@@H]1OP(=O)(O)O. The van der Waals surface area contributed by atoms with Gasteiger partial charge in [-0.3, -0.25) is 27.7 Å². The predicted molar refractivity (Wildman–Crippen MR) is 192 cm³/mol. The second-order valence-corrected chi connectivity index (χ2v) is 17.9. The molecule has 1 saturated heterocycles. The first-order chi connectivity index (χ1) is 25.4. The third-order valence-corrected chi connectivity index (χ3v) is 11.4. The largest absolute Gasteiger partial charge is 0.481 e. The number of nitrogen functional groups attached to an aromatic ring is 1. The molecular formula is C27H44N7O17P3S. The first-order valence-corrected chi connectivity index (χ1v) is 21.5. The van der Waals surface area contributed by atoms with Crippen molar-refractivity contribution in [3.8, 4) is 0 Å². The molecule has 0 aliphatic carbocycles. The van der Waals surface area contributed by atoms with Crippen LogP contribution in [0.1, 0.15) is 33.4 Å². The summed E-state index contributed by atoms with van der Waals surface area (Å²) in [6.45, 7) is 5.67. The molecule has 1 aliphatic rings. The summed E-state index contributed by atoms with van der Waals surface area (Å²) < 4.78 is 62.0. The van der Waals surface area contributed by atoms with Gasteiger partial charge in [-0.25, -0.2) is 28.6 Å². The number of anilines is 1. The van der Waals surface area contributed by atoms with Gasteiger partial charge in [-0.15, -0.1) is 11.8 Å². The number of phosphoric acid groups is 3. The van der Waals surface area contributed by atoms with Crippen molar-refractivity contribution in [2.24, 2.45) is 5.41 Å². The number of rotatable bonds is 22. The Balaban J connectivity index is 1.50. The number of phosphoric ester groups is 3. The van der Waals surface area contributed by atoms with Crippen molar-refractivity contribution in [1.29, 1.82) is 0 Å². The number of nitrogens with two attached hydrogens (primary N) is 1. The summed E-state index contributed by atoms with van der Waals surface area (Å²) in [6.07, 6.45) is -3.97. The molecule has 28 heteroatoms. The Morgan fingerprint density at radius 2 is 1.78 bits per heavy atom. The number of nitrogens with one attached hydrogen (secondary N) is 2. The number of carbonyl (C=O) groups excluding carboxylic acids is 2. The summed E-state index contributed by atoms with van der Waals surface area (Å²) in [5.74, 6) is -0.913. The van der Waals surface area contributed by atoms with E-state index < -0.39 is 90.2 Å². The number of amides is 2. The summed E-state index contributed by atoms with van der Waals surface area (Å²) in [6, 6.07) is 0. The summed E-state index contributed by atoms with van der Waals surface area (Å²) >= 11 is 1.34. The van der Waals surface area contributed by atoms with Crippen LogP contribution in [-0.4, -0.2) is 128 Å². The van der Waals surface area contributed by atoms with E-state index in [0.29, 0.717) is 12.3 Å². The van der Waals surface area contributed by atoms with Crippen molar-refractivity contribution in [1.82, 2.24) is 30.2 Å². The maximum atomic E-state index is 12.7. The number of hydrogen-bond donors (Lipinski definition) is 10. The Morgan fingerprint density at radius 3 is 2.44 bits per heavy atom. The van der Waals surface area contributed by atoms with Crippen molar-refractivity contribution in [2.75, 3.05) is 37.8 Å². The molecule has 24 nitrogen and oxygen atoms in total.